The van der Waals surface area contributed by atoms with Gasteiger partial charge in [-0.3, -0.25) is 14.9 Å². The fraction of sp³-hybridized carbons (Fsp3) is 0.0323. The topological polar surface area (TPSA) is 98.8 Å². The summed E-state index contributed by atoms with van der Waals surface area (Å²) in [6.07, 6.45) is 1.61. The number of halogens is 1. The number of amides is 1. The number of nitro benzene ring substituents is 1. The SMILES string of the molecule is COc1cc(C(=O)N/N=C/c2cc(-c3ccccc3)n(-c3ccc([N+](=O)[O-])cc3)c2-c2ccccc2)ccc1I. The van der Waals surface area contributed by atoms with Crippen LogP contribution in [0.25, 0.3) is 28.2 Å². The van der Waals surface area contributed by atoms with Crippen molar-refractivity contribution in [3.63, 3.8) is 0 Å². The van der Waals surface area contributed by atoms with Gasteiger partial charge in [0, 0.05) is 28.9 Å². The Morgan fingerprint density at radius 1 is 0.925 bits per heavy atom. The van der Waals surface area contributed by atoms with Gasteiger partial charge in [-0.15, -0.1) is 0 Å². The van der Waals surface area contributed by atoms with E-state index in [1.807, 2.05) is 77.4 Å². The van der Waals surface area contributed by atoms with Gasteiger partial charge in [0.25, 0.3) is 11.6 Å². The first-order valence-corrected chi connectivity index (χ1v) is 13.3. The molecule has 4 aromatic carbocycles. The number of carbonyl (C=O) groups is 1. The molecule has 0 bridgehead atoms. The molecule has 0 fully saturated rings. The van der Waals surface area contributed by atoms with Gasteiger partial charge in [0.2, 0.25) is 0 Å². The van der Waals surface area contributed by atoms with Crippen LogP contribution in [0.1, 0.15) is 15.9 Å². The quantitative estimate of drug-likeness (QED) is 0.0846. The van der Waals surface area contributed by atoms with E-state index in [0.717, 1.165) is 37.3 Å². The molecule has 5 aromatic rings. The van der Waals surface area contributed by atoms with Gasteiger partial charge in [-0.2, -0.15) is 5.10 Å². The molecule has 1 aromatic heterocycles. The Labute approximate surface area is 244 Å². The molecule has 0 atom stereocenters. The highest BCUT2D eigenvalue weighted by Crippen LogP contribution is 2.35. The minimum absolute atomic E-state index is 0.00940. The second kappa shape index (κ2) is 12.0. The number of hydrogen-bond acceptors (Lipinski definition) is 5. The number of aromatic nitrogens is 1. The van der Waals surface area contributed by atoms with Crippen LogP contribution in [0.5, 0.6) is 5.75 Å². The smallest absolute Gasteiger partial charge is 0.271 e. The average Bonchev–Trinajstić information content (AvgIpc) is 3.37. The Morgan fingerprint density at radius 2 is 1.57 bits per heavy atom. The molecular weight excluding hydrogens is 619 g/mol. The Bertz CT molecular complexity index is 1700. The molecular formula is C31H23IN4O4. The van der Waals surface area contributed by atoms with E-state index >= 15 is 0 Å². The van der Waals surface area contributed by atoms with Gasteiger partial charge in [0.1, 0.15) is 5.75 Å². The predicted octanol–water partition coefficient (Wildman–Crippen LogP) is 7.10. The van der Waals surface area contributed by atoms with Crippen LogP contribution in [0, 0.1) is 13.7 Å². The van der Waals surface area contributed by atoms with Gasteiger partial charge in [-0.05, 0) is 70.1 Å². The van der Waals surface area contributed by atoms with Gasteiger partial charge in [0.05, 0.1) is 33.2 Å². The largest absolute Gasteiger partial charge is 0.496 e. The fourth-order valence-corrected chi connectivity index (χ4v) is 4.91. The second-order valence-corrected chi connectivity index (χ2v) is 9.89. The third-order valence-corrected chi connectivity index (χ3v) is 7.14. The molecule has 5 rings (SSSR count). The maximum atomic E-state index is 12.8. The molecule has 0 radical (unpaired) electrons. The van der Waals surface area contributed by atoms with Crippen molar-refractivity contribution < 1.29 is 14.5 Å². The lowest BCUT2D eigenvalue weighted by atomic mass is 10.1. The molecule has 1 amide bonds. The zero-order chi connectivity index (χ0) is 28.1. The van der Waals surface area contributed by atoms with Crippen LogP contribution < -0.4 is 10.2 Å². The first-order valence-electron chi connectivity index (χ1n) is 12.2. The first kappa shape index (κ1) is 26.8. The highest BCUT2D eigenvalue weighted by atomic mass is 127. The van der Waals surface area contributed by atoms with Crippen LogP contribution in [0.3, 0.4) is 0 Å². The highest BCUT2D eigenvalue weighted by molar-refractivity contribution is 14.1. The first-order chi connectivity index (χ1) is 19.5. The number of hydrogen-bond donors (Lipinski definition) is 1. The number of nitrogens with zero attached hydrogens (tertiary/aromatic N) is 3. The van der Waals surface area contributed by atoms with Crippen LogP contribution in [-0.2, 0) is 0 Å². The zero-order valence-electron chi connectivity index (χ0n) is 21.3. The summed E-state index contributed by atoms with van der Waals surface area (Å²) in [7, 11) is 1.56. The van der Waals surface area contributed by atoms with Crippen molar-refractivity contribution in [2.45, 2.75) is 0 Å². The summed E-state index contributed by atoms with van der Waals surface area (Å²) in [4.78, 5) is 23.7. The molecule has 0 aliphatic carbocycles. The lowest BCUT2D eigenvalue weighted by Crippen LogP contribution is -2.17. The minimum atomic E-state index is -0.417. The second-order valence-electron chi connectivity index (χ2n) is 8.72. The number of carbonyl (C=O) groups excluding carboxylic acids is 1. The van der Waals surface area contributed by atoms with Crippen molar-refractivity contribution in [2.24, 2.45) is 5.10 Å². The molecule has 198 valence electrons. The van der Waals surface area contributed by atoms with E-state index in [9.17, 15) is 14.9 Å². The predicted molar refractivity (Wildman–Crippen MR) is 164 cm³/mol. The number of methoxy groups -OCH3 is 1. The van der Waals surface area contributed by atoms with Crippen LogP contribution >= 0.6 is 22.6 Å². The van der Waals surface area contributed by atoms with E-state index in [-0.39, 0.29) is 11.6 Å². The molecule has 9 heteroatoms. The summed E-state index contributed by atoms with van der Waals surface area (Å²) in [5.41, 5.74) is 8.10. The summed E-state index contributed by atoms with van der Waals surface area (Å²) >= 11 is 2.14. The molecule has 0 saturated heterocycles. The standard InChI is InChI=1S/C31H23IN4O4/c1-40-29-19-23(12-17-27(29)32)31(37)34-33-20-24-18-28(21-8-4-2-5-9-21)35(30(24)22-10-6-3-7-11-22)25-13-15-26(16-14-25)36(38)39/h2-20H,1H3,(H,34,37)/b33-20+. The van der Waals surface area contributed by atoms with Gasteiger partial charge < -0.3 is 9.30 Å². The number of rotatable bonds is 8. The Morgan fingerprint density at radius 3 is 2.20 bits per heavy atom. The summed E-state index contributed by atoms with van der Waals surface area (Å²) in [5, 5.41) is 15.6. The van der Waals surface area contributed by atoms with E-state index in [4.69, 9.17) is 4.74 Å². The molecule has 8 nitrogen and oxygen atoms in total. The third-order valence-electron chi connectivity index (χ3n) is 6.25. The van der Waals surface area contributed by atoms with Crippen molar-refractivity contribution in [3.05, 3.63) is 134 Å². The number of hydrazone groups is 1. The van der Waals surface area contributed by atoms with E-state index in [1.165, 1.54) is 12.1 Å². The highest BCUT2D eigenvalue weighted by Gasteiger charge is 2.19. The molecule has 0 unspecified atom stereocenters. The molecule has 40 heavy (non-hydrogen) atoms. The molecule has 1 heterocycles. The van der Waals surface area contributed by atoms with Crippen LogP contribution in [0.4, 0.5) is 5.69 Å². The van der Waals surface area contributed by atoms with Crippen LogP contribution in [-0.4, -0.2) is 28.7 Å². The van der Waals surface area contributed by atoms with Crippen molar-refractivity contribution in [2.75, 3.05) is 7.11 Å². The van der Waals surface area contributed by atoms with Crippen molar-refractivity contribution in [1.82, 2.24) is 9.99 Å². The Hall–Kier alpha value is -4.77. The average molecular weight is 642 g/mol. The third kappa shape index (κ3) is 5.64. The van der Waals surface area contributed by atoms with E-state index < -0.39 is 4.92 Å². The van der Waals surface area contributed by atoms with Crippen LogP contribution in [0.15, 0.2) is 114 Å². The number of nitrogens with one attached hydrogen (secondary N) is 1. The fourth-order valence-electron chi connectivity index (χ4n) is 4.36. The maximum Gasteiger partial charge on any atom is 0.271 e. The monoisotopic (exact) mass is 642 g/mol. The summed E-state index contributed by atoms with van der Waals surface area (Å²) in [5.74, 6) is 0.238. The maximum absolute atomic E-state index is 12.8. The lowest BCUT2D eigenvalue weighted by molar-refractivity contribution is -0.384. The minimum Gasteiger partial charge on any atom is -0.496 e. The van der Waals surface area contributed by atoms with E-state index in [2.05, 4.69) is 33.1 Å². The summed E-state index contributed by atoms with van der Waals surface area (Å²) in [6, 6.07) is 33.2. The van der Waals surface area contributed by atoms with E-state index in [0.29, 0.717) is 11.3 Å². The molecule has 1 N–H and O–H groups in total. The van der Waals surface area contributed by atoms with Crippen LogP contribution in [0.2, 0.25) is 0 Å². The van der Waals surface area contributed by atoms with E-state index in [1.54, 1.807) is 37.6 Å². The van der Waals surface area contributed by atoms with Gasteiger partial charge in [-0.1, -0.05) is 60.7 Å². The molecule has 0 aliphatic rings. The van der Waals surface area contributed by atoms with Crippen molar-refractivity contribution in [3.8, 4) is 34.0 Å². The zero-order valence-corrected chi connectivity index (χ0v) is 23.5. The molecule has 0 aliphatic heterocycles. The number of ether oxygens (including phenoxy) is 1. The van der Waals surface area contributed by atoms with Gasteiger partial charge in [0.15, 0.2) is 0 Å². The normalized spacial score (nSPS) is 10.9. The molecule has 0 spiro atoms. The number of benzene rings is 4. The number of nitro groups is 1. The van der Waals surface area contributed by atoms with Crippen molar-refractivity contribution >= 4 is 40.4 Å². The summed E-state index contributed by atoms with van der Waals surface area (Å²) in [6.45, 7) is 0. The van der Waals surface area contributed by atoms with Gasteiger partial charge in [-0.25, -0.2) is 5.43 Å². The Kier molecular flexibility index (Phi) is 8.02. The lowest BCUT2D eigenvalue weighted by Gasteiger charge is -2.15. The van der Waals surface area contributed by atoms with Gasteiger partial charge >= 0.3 is 0 Å². The van der Waals surface area contributed by atoms with Crippen molar-refractivity contribution in [1.29, 1.82) is 0 Å². The number of non-ortho nitro benzene ring substituents is 1. The Balaban J connectivity index is 1.61. The molecule has 0 saturated carbocycles. The summed E-state index contributed by atoms with van der Waals surface area (Å²) < 4.78 is 8.27.